The molecule has 0 radical (unpaired) electrons. The molecule has 0 bridgehead atoms. The number of hydrogen-bond donors (Lipinski definition) is 1. The van der Waals surface area contributed by atoms with Gasteiger partial charge in [-0.05, 0) is 36.8 Å². The van der Waals surface area contributed by atoms with Gasteiger partial charge < -0.3 is 10.1 Å². The number of thiazole rings is 1. The van der Waals surface area contributed by atoms with Crippen LogP contribution in [-0.2, 0) is 6.61 Å². The number of carbonyl (C=O) groups excluding carboxylic acids is 1. The number of carbonyl (C=O) groups is 1. The van der Waals surface area contributed by atoms with Gasteiger partial charge in [0.15, 0.2) is 0 Å². The predicted molar refractivity (Wildman–Crippen MR) is 101 cm³/mol. The van der Waals surface area contributed by atoms with Gasteiger partial charge in [0.25, 0.3) is 5.91 Å². The summed E-state index contributed by atoms with van der Waals surface area (Å²) in [5.74, 6) is 0.599. The molecule has 1 aromatic heterocycles. The maximum Gasteiger partial charge on any atom is 0.270 e. The molecule has 0 saturated heterocycles. The Kier molecular flexibility index (Phi) is 5.68. The minimum atomic E-state index is -0.153. The van der Waals surface area contributed by atoms with Crippen molar-refractivity contribution in [1.82, 2.24) is 10.3 Å². The molecule has 3 rings (SSSR count). The van der Waals surface area contributed by atoms with Crippen molar-refractivity contribution in [2.75, 3.05) is 6.54 Å². The number of nitrogens with zero attached hydrogens (tertiary/aromatic N) is 1. The normalized spacial score (nSPS) is 10.5. The van der Waals surface area contributed by atoms with Gasteiger partial charge in [0.1, 0.15) is 23.1 Å². The fraction of sp³-hybridized carbons (Fsp3) is 0.158. The third kappa shape index (κ3) is 4.59. The third-order valence-corrected chi connectivity index (χ3v) is 4.62. The van der Waals surface area contributed by atoms with E-state index in [9.17, 15) is 4.79 Å². The van der Waals surface area contributed by atoms with Gasteiger partial charge in [0.2, 0.25) is 0 Å². The summed E-state index contributed by atoms with van der Waals surface area (Å²) in [7, 11) is 0. The lowest BCUT2D eigenvalue weighted by Crippen LogP contribution is -2.22. The van der Waals surface area contributed by atoms with Crippen molar-refractivity contribution >= 4 is 28.8 Å². The smallest absolute Gasteiger partial charge is 0.270 e. The van der Waals surface area contributed by atoms with E-state index in [0.717, 1.165) is 21.9 Å². The van der Waals surface area contributed by atoms with Crippen LogP contribution in [0.25, 0.3) is 10.6 Å². The lowest BCUT2D eigenvalue weighted by atomic mass is 10.2. The third-order valence-electron chi connectivity index (χ3n) is 3.47. The van der Waals surface area contributed by atoms with Gasteiger partial charge in [-0.15, -0.1) is 11.3 Å². The van der Waals surface area contributed by atoms with Crippen molar-refractivity contribution in [3.8, 4) is 16.3 Å². The molecule has 0 aliphatic heterocycles. The van der Waals surface area contributed by atoms with Crippen LogP contribution in [0.1, 0.15) is 23.0 Å². The minimum Gasteiger partial charge on any atom is -0.489 e. The first-order valence-corrected chi connectivity index (χ1v) is 9.13. The average Bonchev–Trinajstić information content (AvgIpc) is 3.12. The van der Waals surface area contributed by atoms with Crippen molar-refractivity contribution in [2.45, 2.75) is 13.5 Å². The summed E-state index contributed by atoms with van der Waals surface area (Å²) >= 11 is 7.33. The van der Waals surface area contributed by atoms with Gasteiger partial charge in [-0.2, -0.15) is 0 Å². The Balaban J connectivity index is 1.71. The van der Waals surface area contributed by atoms with Crippen molar-refractivity contribution in [1.29, 1.82) is 0 Å². The minimum absolute atomic E-state index is 0.153. The first-order valence-electron chi connectivity index (χ1n) is 7.87. The highest BCUT2D eigenvalue weighted by Gasteiger charge is 2.11. The Hall–Kier alpha value is -2.37. The van der Waals surface area contributed by atoms with Crippen LogP contribution < -0.4 is 10.1 Å². The Morgan fingerprint density at radius 1 is 1.24 bits per heavy atom. The Labute approximate surface area is 155 Å². The van der Waals surface area contributed by atoms with Crippen LogP contribution in [0.15, 0.2) is 53.9 Å². The fourth-order valence-electron chi connectivity index (χ4n) is 2.23. The molecule has 0 aliphatic carbocycles. The number of benzene rings is 2. The molecule has 0 atom stereocenters. The van der Waals surface area contributed by atoms with Crippen molar-refractivity contribution in [3.05, 3.63) is 70.2 Å². The summed E-state index contributed by atoms with van der Waals surface area (Å²) in [4.78, 5) is 16.2. The number of rotatable bonds is 6. The Morgan fingerprint density at radius 2 is 2.04 bits per heavy atom. The molecule has 1 N–H and O–H groups in total. The second kappa shape index (κ2) is 8.14. The maximum atomic E-state index is 11.8. The quantitative estimate of drug-likeness (QED) is 0.676. The van der Waals surface area contributed by atoms with E-state index in [1.165, 1.54) is 11.3 Å². The van der Waals surface area contributed by atoms with E-state index in [1.807, 2.05) is 55.5 Å². The van der Waals surface area contributed by atoms with Crippen LogP contribution in [0.5, 0.6) is 5.75 Å². The average molecular weight is 373 g/mol. The van der Waals surface area contributed by atoms with Crippen molar-refractivity contribution in [3.63, 3.8) is 0 Å². The molecule has 128 valence electrons. The van der Waals surface area contributed by atoms with Gasteiger partial charge in [-0.3, -0.25) is 4.79 Å². The van der Waals surface area contributed by atoms with Crippen LogP contribution in [0, 0.1) is 0 Å². The van der Waals surface area contributed by atoms with Crippen LogP contribution in [-0.4, -0.2) is 17.4 Å². The number of aromatic nitrogens is 1. The maximum absolute atomic E-state index is 11.8. The largest absolute Gasteiger partial charge is 0.489 e. The summed E-state index contributed by atoms with van der Waals surface area (Å²) < 4.78 is 5.84. The molecular weight excluding hydrogens is 356 g/mol. The SMILES string of the molecule is CCNC(=O)c1csc(-c2cccc(OCc3ccc(Cl)cc3)c2)n1. The highest BCUT2D eigenvalue weighted by molar-refractivity contribution is 7.13. The van der Waals surface area contributed by atoms with Gasteiger partial charge >= 0.3 is 0 Å². The second-order valence-corrected chi connectivity index (χ2v) is 6.63. The standard InChI is InChI=1S/C19H17ClN2O2S/c1-2-21-18(23)17-12-25-19(22-17)14-4-3-5-16(10-14)24-11-13-6-8-15(20)9-7-13/h3-10,12H,2,11H2,1H3,(H,21,23). The topological polar surface area (TPSA) is 51.2 Å². The van der Waals surface area contributed by atoms with E-state index in [4.69, 9.17) is 16.3 Å². The molecule has 0 unspecified atom stereocenters. The second-order valence-electron chi connectivity index (χ2n) is 5.34. The Morgan fingerprint density at radius 3 is 2.80 bits per heavy atom. The number of hydrogen-bond acceptors (Lipinski definition) is 4. The molecule has 4 nitrogen and oxygen atoms in total. The highest BCUT2D eigenvalue weighted by atomic mass is 35.5. The number of ether oxygens (including phenoxy) is 1. The molecule has 0 fully saturated rings. The zero-order valence-electron chi connectivity index (χ0n) is 13.7. The zero-order chi connectivity index (χ0) is 17.6. The summed E-state index contributed by atoms with van der Waals surface area (Å²) in [6.45, 7) is 2.93. The zero-order valence-corrected chi connectivity index (χ0v) is 15.2. The van der Waals surface area contributed by atoms with E-state index < -0.39 is 0 Å². The molecule has 2 aromatic carbocycles. The van der Waals surface area contributed by atoms with Gasteiger partial charge in [-0.1, -0.05) is 35.9 Å². The molecule has 25 heavy (non-hydrogen) atoms. The fourth-order valence-corrected chi connectivity index (χ4v) is 3.15. The Bertz CT molecular complexity index is 862. The lowest BCUT2D eigenvalue weighted by Gasteiger charge is -2.07. The van der Waals surface area contributed by atoms with Crippen molar-refractivity contribution < 1.29 is 9.53 Å². The highest BCUT2D eigenvalue weighted by Crippen LogP contribution is 2.27. The molecular formula is C19H17ClN2O2S. The van der Waals surface area contributed by atoms with Gasteiger partial charge in [0, 0.05) is 22.5 Å². The lowest BCUT2D eigenvalue weighted by molar-refractivity contribution is 0.0951. The molecule has 6 heteroatoms. The monoisotopic (exact) mass is 372 g/mol. The van der Waals surface area contributed by atoms with Crippen LogP contribution in [0.3, 0.4) is 0 Å². The van der Waals surface area contributed by atoms with Crippen LogP contribution in [0.4, 0.5) is 0 Å². The van der Waals surface area contributed by atoms with Gasteiger partial charge in [0.05, 0.1) is 0 Å². The van der Waals surface area contributed by atoms with Crippen LogP contribution in [0.2, 0.25) is 5.02 Å². The first-order chi connectivity index (χ1) is 12.2. The molecule has 3 aromatic rings. The molecule has 0 aliphatic rings. The van der Waals surface area contributed by atoms with E-state index in [2.05, 4.69) is 10.3 Å². The molecule has 1 amide bonds. The van der Waals surface area contributed by atoms with E-state index in [0.29, 0.717) is 23.9 Å². The van der Waals surface area contributed by atoms with Crippen molar-refractivity contribution in [2.24, 2.45) is 0 Å². The summed E-state index contributed by atoms with van der Waals surface area (Å²) in [6, 6.07) is 15.3. The van der Waals surface area contributed by atoms with E-state index in [-0.39, 0.29) is 5.91 Å². The molecule has 0 saturated carbocycles. The molecule has 0 spiro atoms. The summed E-state index contributed by atoms with van der Waals surface area (Å²) in [6.07, 6.45) is 0. The van der Waals surface area contributed by atoms with E-state index in [1.54, 1.807) is 5.38 Å². The van der Waals surface area contributed by atoms with Crippen LogP contribution >= 0.6 is 22.9 Å². The summed E-state index contributed by atoms with van der Waals surface area (Å²) in [5, 5.41) is 6.01. The van der Waals surface area contributed by atoms with Gasteiger partial charge in [-0.25, -0.2) is 4.98 Å². The number of amides is 1. The van der Waals surface area contributed by atoms with E-state index >= 15 is 0 Å². The number of nitrogens with one attached hydrogen (secondary N) is 1. The first kappa shape index (κ1) is 17.5. The number of halogens is 1. The predicted octanol–water partition coefficient (Wildman–Crippen LogP) is 4.79. The molecule has 1 heterocycles. The summed E-state index contributed by atoms with van der Waals surface area (Å²) in [5.41, 5.74) is 2.41.